The fraction of sp³-hybridized carbons (Fsp3) is 0.286. The van der Waals surface area contributed by atoms with Crippen molar-refractivity contribution in [1.82, 2.24) is 4.98 Å². The largest absolute Gasteiger partial charge is 0.503 e. The fourth-order valence-electron chi connectivity index (χ4n) is 0.997. The van der Waals surface area contributed by atoms with Crippen LogP contribution in [0.4, 0.5) is 14.5 Å². The molecule has 8 heteroatoms. The number of methoxy groups -OCH3 is 1. The molecule has 1 rings (SSSR count). The Morgan fingerprint density at radius 1 is 1.67 bits per heavy atom. The second-order valence-electron chi connectivity index (χ2n) is 2.47. The van der Waals surface area contributed by atoms with E-state index in [1.54, 1.807) is 0 Å². The van der Waals surface area contributed by atoms with Crippen LogP contribution in [0.25, 0.3) is 0 Å². The molecule has 82 valence electrons. The van der Waals surface area contributed by atoms with E-state index >= 15 is 0 Å². The summed E-state index contributed by atoms with van der Waals surface area (Å²) in [5, 5.41) is 19.6. The Labute approximate surface area is 82.3 Å². The molecule has 0 aliphatic rings. The van der Waals surface area contributed by atoms with Crippen molar-refractivity contribution in [1.29, 1.82) is 0 Å². The maximum Gasteiger partial charge on any atom is 0.300 e. The van der Waals surface area contributed by atoms with Crippen molar-refractivity contribution in [3.8, 4) is 11.6 Å². The molecule has 0 bridgehead atoms. The Morgan fingerprint density at radius 3 is 2.67 bits per heavy atom. The lowest BCUT2D eigenvalue weighted by molar-refractivity contribution is -0.386. The number of pyridine rings is 1. The minimum absolute atomic E-state index is 0.476. The summed E-state index contributed by atoms with van der Waals surface area (Å²) >= 11 is 0. The molecule has 0 atom stereocenters. The maximum absolute atomic E-state index is 12.4. The molecular formula is C7H6F2N2O4. The van der Waals surface area contributed by atoms with Gasteiger partial charge in [0, 0.05) is 0 Å². The minimum atomic E-state index is -3.18. The Hall–Kier alpha value is -1.99. The van der Waals surface area contributed by atoms with E-state index in [1.807, 2.05) is 0 Å². The molecule has 1 aromatic heterocycles. The summed E-state index contributed by atoms with van der Waals surface area (Å²) in [6.45, 7) is 0. The number of hydrogen-bond acceptors (Lipinski definition) is 5. The molecule has 0 aromatic carbocycles. The van der Waals surface area contributed by atoms with Crippen LogP contribution < -0.4 is 4.74 Å². The Morgan fingerprint density at radius 2 is 2.27 bits per heavy atom. The summed E-state index contributed by atoms with van der Waals surface area (Å²) in [4.78, 5) is 12.6. The highest BCUT2D eigenvalue weighted by molar-refractivity contribution is 5.52. The van der Waals surface area contributed by atoms with E-state index in [0.717, 1.165) is 7.11 Å². The van der Waals surface area contributed by atoms with Crippen molar-refractivity contribution in [3.63, 3.8) is 0 Å². The lowest BCUT2D eigenvalue weighted by Crippen LogP contribution is -2.00. The quantitative estimate of drug-likeness (QED) is 0.618. The van der Waals surface area contributed by atoms with Crippen LogP contribution in [0, 0.1) is 10.1 Å². The number of rotatable bonds is 3. The third-order valence-electron chi connectivity index (χ3n) is 1.65. The molecule has 6 nitrogen and oxygen atoms in total. The molecule has 0 amide bonds. The predicted octanol–water partition coefficient (Wildman–Crippen LogP) is 1.64. The van der Waals surface area contributed by atoms with E-state index in [9.17, 15) is 24.0 Å². The highest BCUT2D eigenvalue weighted by Crippen LogP contribution is 2.40. The smallest absolute Gasteiger partial charge is 0.300 e. The molecule has 0 radical (unpaired) electrons. The van der Waals surface area contributed by atoms with Crippen molar-refractivity contribution in [2.75, 3.05) is 7.11 Å². The molecule has 0 saturated heterocycles. The van der Waals surface area contributed by atoms with Gasteiger partial charge in [0.15, 0.2) is 5.75 Å². The van der Waals surface area contributed by atoms with E-state index in [2.05, 4.69) is 9.72 Å². The van der Waals surface area contributed by atoms with Crippen molar-refractivity contribution in [2.45, 2.75) is 6.43 Å². The normalized spacial score (nSPS) is 10.4. The first-order valence-electron chi connectivity index (χ1n) is 3.67. The van der Waals surface area contributed by atoms with Gasteiger partial charge in [-0.25, -0.2) is 13.8 Å². The molecule has 1 aromatic rings. The van der Waals surface area contributed by atoms with Crippen molar-refractivity contribution in [2.24, 2.45) is 0 Å². The molecule has 0 aliphatic heterocycles. The number of halogens is 2. The van der Waals surface area contributed by atoms with Gasteiger partial charge >= 0.3 is 5.69 Å². The second-order valence-corrected chi connectivity index (χ2v) is 2.47. The van der Waals surface area contributed by atoms with Gasteiger partial charge in [-0.3, -0.25) is 10.1 Å². The van der Waals surface area contributed by atoms with E-state index < -0.39 is 34.2 Å². The highest BCUT2D eigenvalue weighted by Gasteiger charge is 2.29. The third kappa shape index (κ3) is 1.92. The molecular weight excluding hydrogens is 214 g/mol. The van der Waals surface area contributed by atoms with Gasteiger partial charge in [0.2, 0.25) is 0 Å². The predicted molar refractivity (Wildman–Crippen MR) is 44.1 cm³/mol. The molecule has 0 aliphatic carbocycles. The summed E-state index contributed by atoms with van der Waals surface area (Å²) in [5.74, 6) is -1.49. The van der Waals surface area contributed by atoms with Crippen LogP contribution in [0.15, 0.2) is 6.20 Å². The number of aromatic nitrogens is 1. The minimum Gasteiger partial charge on any atom is -0.503 e. The number of alkyl halides is 2. The van der Waals surface area contributed by atoms with E-state index in [4.69, 9.17) is 0 Å². The Balaban J connectivity index is 3.44. The molecule has 0 saturated carbocycles. The lowest BCUT2D eigenvalue weighted by atomic mass is 10.2. The van der Waals surface area contributed by atoms with Gasteiger partial charge in [-0.05, 0) is 0 Å². The topological polar surface area (TPSA) is 85.5 Å². The van der Waals surface area contributed by atoms with Crippen molar-refractivity contribution in [3.05, 3.63) is 21.9 Å². The van der Waals surface area contributed by atoms with E-state index in [-0.39, 0.29) is 0 Å². The van der Waals surface area contributed by atoms with Crippen LogP contribution in [0.5, 0.6) is 11.6 Å². The van der Waals surface area contributed by atoms with E-state index in [1.165, 1.54) is 0 Å². The lowest BCUT2D eigenvalue weighted by Gasteiger charge is -2.07. The van der Waals surface area contributed by atoms with Crippen LogP contribution in [0.2, 0.25) is 0 Å². The highest BCUT2D eigenvalue weighted by atomic mass is 19.3. The Kier molecular flexibility index (Phi) is 2.98. The number of hydrogen-bond donors (Lipinski definition) is 1. The summed E-state index contributed by atoms with van der Waals surface area (Å²) in [6, 6.07) is 0. The van der Waals surface area contributed by atoms with Gasteiger partial charge < -0.3 is 9.84 Å². The first-order valence-corrected chi connectivity index (χ1v) is 3.67. The molecule has 15 heavy (non-hydrogen) atoms. The molecule has 1 N–H and O–H groups in total. The molecule has 1 heterocycles. The van der Waals surface area contributed by atoms with Gasteiger partial charge in [0.25, 0.3) is 12.3 Å². The maximum atomic E-state index is 12.4. The number of ether oxygens (including phenoxy) is 1. The van der Waals surface area contributed by atoms with E-state index in [0.29, 0.717) is 6.20 Å². The summed E-state index contributed by atoms with van der Waals surface area (Å²) < 4.78 is 29.3. The first-order chi connectivity index (χ1) is 6.99. The van der Waals surface area contributed by atoms with Crippen LogP contribution >= 0.6 is 0 Å². The van der Waals surface area contributed by atoms with Crippen LogP contribution in [-0.4, -0.2) is 22.1 Å². The van der Waals surface area contributed by atoms with Crippen molar-refractivity contribution >= 4 is 5.69 Å². The fourth-order valence-corrected chi connectivity index (χ4v) is 0.997. The zero-order valence-electron chi connectivity index (χ0n) is 7.48. The first kappa shape index (κ1) is 11.1. The molecule has 0 fully saturated rings. The van der Waals surface area contributed by atoms with Gasteiger partial charge in [0.05, 0.1) is 12.0 Å². The number of nitrogens with zero attached hydrogens (tertiary/aromatic N) is 2. The standard InChI is InChI=1S/C7H6F2N2O4/c1-15-7-5(12)4(6(8)9)3(2-10-7)11(13)14/h2,6,12H,1H3. The molecule has 0 unspecified atom stereocenters. The summed E-state index contributed by atoms with van der Waals surface area (Å²) in [6.07, 6.45) is -2.57. The third-order valence-corrected chi connectivity index (χ3v) is 1.65. The average Bonchev–Trinajstić information content (AvgIpc) is 2.16. The van der Waals surface area contributed by atoms with Crippen molar-refractivity contribution < 1.29 is 23.5 Å². The number of aromatic hydroxyl groups is 1. The summed E-state index contributed by atoms with van der Waals surface area (Å²) in [7, 11) is 1.10. The number of nitro groups is 1. The second kappa shape index (κ2) is 4.03. The average molecular weight is 220 g/mol. The zero-order valence-corrected chi connectivity index (χ0v) is 7.48. The van der Waals surface area contributed by atoms with Gasteiger partial charge in [-0.1, -0.05) is 0 Å². The monoisotopic (exact) mass is 220 g/mol. The van der Waals surface area contributed by atoms with Gasteiger partial charge in [-0.2, -0.15) is 0 Å². The summed E-state index contributed by atoms with van der Waals surface area (Å²) in [5.41, 5.74) is -2.03. The Bertz CT molecular complexity index is 397. The zero-order chi connectivity index (χ0) is 11.6. The molecule has 0 spiro atoms. The SMILES string of the molecule is COc1ncc([N+](=O)[O-])c(C(F)F)c1O. The van der Waals surface area contributed by atoms with Crippen LogP contribution in [-0.2, 0) is 0 Å². The van der Waals surface area contributed by atoms with Crippen LogP contribution in [0.1, 0.15) is 12.0 Å². The van der Waals surface area contributed by atoms with Crippen LogP contribution in [0.3, 0.4) is 0 Å². The van der Waals surface area contributed by atoms with Gasteiger partial charge in [-0.15, -0.1) is 0 Å². The van der Waals surface area contributed by atoms with Gasteiger partial charge in [0.1, 0.15) is 11.8 Å².